The summed E-state index contributed by atoms with van der Waals surface area (Å²) < 4.78 is 18.1. The zero-order chi connectivity index (χ0) is 31.3. The maximum atomic E-state index is 13.9. The molecule has 2 aliphatic rings. The Hall–Kier alpha value is -3.06. The number of carbonyl (C=O) groups excluding carboxylic acids is 1. The molecule has 0 radical (unpaired) electrons. The van der Waals surface area contributed by atoms with E-state index in [1.807, 2.05) is 86.3 Å². The molecule has 3 aromatic carbocycles. The number of rotatable bonds is 7. The number of nitrogens with zero attached hydrogens (tertiary/aromatic N) is 1. The molecule has 1 amide bonds. The molecule has 3 aromatic rings. The van der Waals surface area contributed by atoms with Gasteiger partial charge in [0.05, 0.1) is 42.5 Å². The Morgan fingerprint density at radius 2 is 1.58 bits per heavy atom. The molecular formula is C36H44ClNO5. The van der Waals surface area contributed by atoms with Crippen molar-refractivity contribution in [3.05, 3.63) is 87.9 Å². The lowest BCUT2D eigenvalue weighted by Crippen LogP contribution is -2.50. The lowest BCUT2D eigenvalue weighted by atomic mass is 9.70. The summed E-state index contributed by atoms with van der Waals surface area (Å²) in [6.45, 7) is 14.2. The van der Waals surface area contributed by atoms with Gasteiger partial charge in [-0.1, -0.05) is 35.9 Å². The smallest absolute Gasteiger partial charge is 0.232 e. The molecule has 6 nitrogen and oxygen atoms in total. The van der Waals surface area contributed by atoms with E-state index >= 15 is 0 Å². The van der Waals surface area contributed by atoms with E-state index in [4.69, 9.17) is 25.8 Å². The van der Waals surface area contributed by atoms with Crippen LogP contribution in [0.25, 0.3) is 0 Å². The van der Waals surface area contributed by atoms with Crippen LogP contribution in [0.15, 0.2) is 60.7 Å². The number of amides is 1. The Morgan fingerprint density at radius 3 is 2.14 bits per heavy atom. The molecule has 0 aromatic heterocycles. The number of hydrogen-bond donors (Lipinski definition) is 1. The van der Waals surface area contributed by atoms with E-state index < -0.39 is 11.6 Å². The third kappa shape index (κ3) is 6.43. The number of aliphatic hydroxyl groups is 1. The van der Waals surface area contributed by atoms with Crippen molar-refractivity contribution in [3.63, 3.8) is 0 Å². The number of halogens is 1. The maximum absolute atomic E-state index is 13.9. The van der Waals surface area contributed by atoms with Crippen LogP contribution in [0.5, 0.6) is 11.5 Å². The first kappa shape index (κ1) is 31.4. The van der Waals surface area contributed by atoms with E-state index in [1.54, 1.807) is 7.11 Å². The first-order valence-electron chi connectivity index (χ1n) is 15.1. The van der Waals surface area contributed by atoms with Gasteiger partial charge < -0.3 is 24.2 Å². The predicted octanol–water partition coefficient (Wildman–Crippen LogP) is 8.01. The monoisotopic (exact) mass is 605 g/mol. The van der Waals surface area contributed by atoms with Gasteiger partial charge in [-0.25, -0.2) is 0 Å². The lowest BCUT2D eigenvalue weighted by molar-refractivity contribution is -0.201. The molecule has 2 atom stereocenters. The highest BCUT2D eigenvalue weighted by Crippen LogP contribution is 2.48. The second-order valence-corrected chi connectivity index (χ2v) is 14.1. The number of methoxy groups -OCH3 is 1. The van der Waals surface area contributed by atoms with Crippen LogP contribution in [0, 0.1) is 5.92 Å². The number of ether oxygens (including phenoxy) is 3. The molecule has 5 rings (SSSR count). The van der Waals surface area contributed by atoms with Crippen LogP contribution in [0.4, 0.5) is 5.69 Å². The maximum Gasteiger partial charge on any atom is 0.232 e. The van der Waals surface area contributed by atoms with Crippen LogP contribution in [0.3, 0.4) is 0 Å². The summed E-state index contributed by atoms with van der Waals surface area (Å²) in [7, 11) is 1.61. The summed E-state index contributed by atoms with van der Waals surface area (Å²) >= 11 is 6.27. The van der Waals surface area contributed by atoms with Gasteiger partial charge in [-0.2, -0.15) is 0 Å². The van der Waals surface area contributed by atoms with Gasteiger partial charge in [-0.05, 0) is 126 Å². The number of fused-ring (bicyclic) bond motifs is 1. The molecule has 230 valence electrons. The first-order valence-corrected chi connectivity index (χ1v) is 15.5. The minimum Gasteiger partial charge on any atom is -0.493 e. The van der Waals surface area contributed by atoms with Crippen molar-refractivity contribution in [2.24, 2.45) is 5.92 Å². The van der Waals surface area contributed by atoms with Gasteiger partial charge in [0.25, 0.3) is 0 Å². The molecule has 0 saturated carbocycles. The summed E-state index contributed by atoms with van der Waals surface area (Å²) in [4.78, 5) is 15.8. The van der Waals surface area contributed by atoms with Crippen LogP contribution < -0.4 is 14.4 Å². The van der Waals surface area contributed by atoms with Crippen LogP contribution in [0.2, 0.25) is 5.02 Å². The quantitative estimate of drug-likeness (QED) is 0.295. The molecule has 2 aliphatic heterocycles. The molecule has 43 heavy (non-hydrogen) atoms. The second-order valence-electron chi connectivity index (χ2n) is 13.7. The SMILES string of the molecule is COc1cc2c(cc1OC(C)C)[C@H](c1ccc(Cl)cc1)N(c1ccc([C@](C)(O)C3CC(C)(C)OC(C)(C)C3)cc1)C(=O)C2. The van der Waals surface area contributed by atoms with Crippen LogP contribution in [0.1, 0.15) is 89.6 Å². The molecular weight excluding hydrogens is 562 g/mol. The van der Waals surface area contributed by atoms with E-state index in [0.717, 1.165) is 40.8 Å². The van der Waals surface area contributed by atoms with E-state index in [9.17, 15) is 9.90 Å². The van der Waals surface area contributed by atoms with E-state index in [-0.39, 0.29) is 35.6 Å². The van der Waals surface area contributed by atoms with Crippen molar-refractivity contribution in [3.8, 4) is 11.5 Å². The Bertz CT molecular complexity index is 1460. The molecule has 0 bridgehead atoms. The van der Waals surface area contributed by atoms with Gasteiger partial charge in [0, 0.05) is 10.7 Å². The molecule has 1 saturated heterocycles. The Labute approximate surface area is 260 Å². The molecule has 7 heteroatoms. The zero-order valence-electron chi connectivity index (χ0n) is 26.5. The lowest BCUT2D eigenvalue weighted by Gasteiger charge is -2.49. The third-order valence-electron chi connectivity index (χ3n) is 8.69. The van der Waals surface area contributed by atoms with E-state index in [2.05, 4.69) is 27.7 Å². The molecule has 0 aliphatic carbocycles. The van der Waals surface area contributed by atoms with Crippen LogP contribution >= 0.6 is 11.6 Å². The van der Waals surface area contributed by atoms with Crippen molar-refractivity contribution < 1.29 is 24.1 Å². The Morgan fingerprint density at radius 1 is 0.977 bits per heavy atom. The van der Waals surface area contributed by atoms with Gasteiger partial charge in [0.2, 0.25) is 5.91 Å². The second kappa shape index (κ2) is 11.5. The fraction of sp³-hybridized carbons (Fsp3) is 0.472. The highest BCUT2D eigenvalue weighted by Gasteiger charge is 2.47. The molecule has 0 unspecified atom stereocenters. The third-order valence-corrected chi connectivity index (χ3v) is 8.94. The fourth-order valence-electron chi connectivity index (χ4n) is 7.01. The Kier molecular flexibility index (Phi) is 8.36. The minimum absolute atomic E-state index is 0.0109. The topological polar surface area (TPSA) is 68.2 Å². The number of benzene rings is 3. The summed E-state index contributed by atoms with van der Waals surface area (Å²) in [6.07, 6.45) is 1.67. The fourth-order valence-corrected chi connectivity index (χ4v) is 7.14. The molecule has 1 fully saturated rings. The van der Waals surface area contributed by atoms with E-state index in [1.165, 1.54) is 0 Å². The Balaban J connectivity index is 1.56. The predicted molar refractivity (Wildman–Crippen MR) is 171 cm³/mol. The van der Waals surface area contributed by atoms with Crippen molar-refractivity contribution in [2.45, 2.75) is 96.7 Å². The average Bonchev–Trinajstić information content (AvgIpc) is 2.91. The van der Waals surface area contributed by atoms with Crippen molar-refractivity contribution >= 4 is 23.2 Å². The van der Waals surface area contributed by atoms with Gasteiger partial charge in [0.15, 0.2) is 11.5 Å². The highest BCUT2D eigenvalue weighted by molar-refractivity contribution is 6.30. The first-order chi connectivity index (χ1) is 20.1. The standard InChI is InChI=1S/C36H44ClNO5/c1-22(2)42-31-19-29-24(17-30(31)41-8)18-32(39)38(33(29)23-9-13-27(37)14-10-23)28-15-11-25(12-16-28)36(7,40)26-20-34(3,4)43-35(5,6)21-26/h9-17,19,22,26,33,40H,18,20-21H2,1-8H3/t33-,36-/m0/s1. The molecule has 2 heterocycles. The van der Waals surface area contributed by atoms with Gasteiger partial charge in [0.1, 0.15) is 0 Å². The van der Waals surface area contributed by atoms with Gasteiger partial charge in [-0.3, -0.25) is 4.79 Å². The van der Waals surface area contributed by atoms with E-state index in [0.29, 0.717) is 16.5 Å². The largest absolute Gasteiger partial charge is 0.493 e. The average molecular weight is 606 g/mol. The van der Waals surface area contributed by atoms with Crippen molar-refractivity contribution in [1.82, 2.24) is 0 Å². The summed E-state index contributed by atoms with van der Waals surface area (Å²) in [6, 6.07) is 18.9. The molecule has 1 N–H and O–H groups in total. The van der Waals surface area contributed by atoms with Crippen LogP contribution in [-0.2, 0) is 21.6 Å². The normalized spacial score (nSPS) is 21.3. The summed E-state index contributed by atoms with van der Waals surface area (Å²) in [5.41, 5.74) is 2.64. The number of anilines is 1. The summed E-state index contributed by atoms with van der Waals surface area (Å²) in [5.74, 6) is 1.23. The number of carbonyl (C=O) groups is 1. The minimum atomic E-state index is -1.06. The highest BCUT2D eigenvalue weighted by atomic mass is 35.5. The number of hydrogen-bond acceptors (Lipinski definition) is 5. The zero-order valence-corrected chi connectivity index (χ0v) is 27.3. The summed E-state index contributed by atoms with van der Waals surface area (Å²) in [5, 5.41) is 12.5. The molecule has 0 spiro atoms. The van der Waals surface area contributed by atoms with Gasteiger partial charge >= 0.3 is 0 Å². The van der Waals surface area contributed by atoms with Crippen molar-refractivity contribution in [2.75, 3.05) is 12.0 Å². The van der Waals surface area contributed by atoms with Crippen LogP contribution in [-0.4, -0.2) is 35.4 Å². The van der Waals surface area contributed by atoms with Crippen molar-refractivity contribution in [1.29, 1.82) is 0 Å². The van der Waals surface area contributed by atoms with Gasteiger partial charge in [-0.15, -0.1) is 0 Å².